The van der Waals surface area contributed by atoms with Crippen LogP contribution in [0.4, 0.5) is 0 Å². The van der Waals surface area contributed by atoms with E-state index in [0.717, 1.165) is 6.42 Å². The Bertz CT molecular complexity index is 567. The maximum Gasteiger partial charge on any atom is 0.271 e. The van der Waals surface area contributed by atoms with Crippen LogP contribution >= 0.6 is 0 Å². The molecule has 1 amide bonds. The van der Waals surface area contributed by atoms with Gasteiger partial charge in [-0.3, -0.25) is 9.78 Å². The van der Waals surface area contributed by atoms with E-state index in [1.165, 1.54) is 29.1 Å². The second kappa shape index (κ2) is 6.09. The number of nitrogens with zero attached hydrogens (tertiary/aromatic N) is 2. The van der Waals surface area contributed by atoms with Gasteiger partial charge in [-0.25, -0.2) is 4.98 Å². The Morgan fingerprint density at radius 1 is 1.21 bits per heavy atom. The minimum Gasteiger partial charge on any atom is -0.350 e. The summed E-state index contributed by atoms with van der Waals surface area (Å²) in [7, 11) is 0. The van der Waals surface area contributed by atoms with Gasteiger partial charge in [0, 0.05) is 18.9 Å². The van der Waals surface area contributed by atoms with Gasteiger partial charge in [0.05, 0.1) is 6.20 Å². The summed E-state index contributed by atoms with van der Waals surface area (Å²) in [5.74, 6) is -0.183. The van der Waals surface area contributed by atoms with Crippen molar-refractivity contribution in [2.45, 2.75) is 20.3 Å². The van der Waals surface area contributed by atoms with E-state index in [-0.39, 0.29) is 5.91 Å². The number of benzene rings is 1. The Morgan fingerprint density at radius 3 is 2.74 bits per heavy atom. The number of hydrogen-bond acceptors (Lipinski definition) is 3. The molecule has 0 spiro atoms. The standard InChI is InChI=1S/C15H17N3O/c1-11-3-4-13(9-12(11)2)5-6-18-15(19)14-10-16-7-8-17-14/h3-4,7-10H,5-6H2,1-2H3,(H,18,19). The monoisotopic (exact) mass is 255 g/mol. The van der Waals surface area contributed by atoms with Crippen molar-refractivity contribution < 1.29 is 4.79 Å². The van der Waals surface area contributed by atoms with Crippen LogP contribution < -0.4 is 5.32 Å². The molecule has 98 valence electrons. The number of carbonyl (C=O) groups excluding carboxylic acids is 1. The number of amides is 1. The van der Waals surface area contributed by atoms with Crippen LogP contribution in [-0.2, 0) is 6.42 Å². The van der Waals surface area contributed by atoms with Crippen LogP contribution in [0.1, 0.15) is 27.2 Å². The lowest BCUT2D eigenvalue weighted by Gasteiger charge is -2.06. The molecule has 1 heterocycles. The Morgan fingerprint density at radius 2 is 2.05 bits per heavy atom. The molecule has 1 N–H and O–H groups in total. The molecule has 0 bridgehead atoms. The van der Waals surface area contributed by atoms with Gasteiger partial charge in [0.25, 0.3) is 5.91 Å². The average molecular weight is 255 g/mol. The van der Waals surface area contributed by atoms with Gasteiger partial charge < -0.3 is 5.32 Å². The maximum absolute atomic E-state index is 11.7. The molecule has 0 aliphatic carbocycles. The van der Waals surface area contributed by atoms with Gasteiger partial charge in [-0.1, -0.05) is 18.2 Å². The minimum absolute atomic E-state index is 0.183. The number of carbonyl (C=O) groups is 1. The molecule has 19 heavy (non-hydrogen) atoms. The lowest BCUT2D eigenvalue weighted by atomic mass is 10.0. The third kappa shape index (κ3) is 3.61. The third-order valence-electron chi connectivity index (χ3n) is 3.07. The van der Waals surface area contributed by atoms with Crippen LogP contribution in [0.5, 0.6) is 0 Å². The van der Waals surface area contributed by atoms with Crippen LogP contribution in [-0.4, -0.2) is 22.4 Å². The van der Waals surface area contributed by atoms with Crippen LogP contribution in [0.3, 0.4) is 0 Å². The second-order valence-corrected chi connectivity index (χ2v) is 4.52. The van der Waals surface area contributed by atoms with Crippen molar-refractivity contribution in [1.82, 2.24) is 15.3 Å². The van der Waals surface area contributed by atoms with Crippen molar-refractivity contribution in [3.8, 4) is 0 Å². The summed E-state index contributed by atoms with van der Waals surface area (Å²) in [5.41, 5.74) is 4.13. The molecule has 1 aromatic heterocycles. The molecule has 4 nitrogen and oxygen atoms in total. The van der Waals surface area contributed by atoms with Gasteiger partial charge in [0.15, 0.2) is 0 Å². The highest BCUT2D eigenvalue weighted by Gasteiger charge is 2.05. The third-order valence-corrected chi connectivity index (χ3v) is 3.07. The van der Waals surface area contributed by atoms with E-state index in [2.05, 4.69) is 47.3 Å². The normalized spacial score (nSPS) is 10.2. The number of aryl methyl sites for hydroxylation is 2. The van der Waals surface area contributed by atoms with Crippen molar-refractivity contribution in [1.29, 1.82) is 0 Å². The lowest BCUT2D eigenvalue weighted by molar-refractivity contribution is 0.0949. The topological polar surface area (TPSA) is 54.9 Å². The van der Waals surface area contributed by atoms with Gasteiger partial charge in [0.2, 0.25) is 0 Å². The molecule has 0 aliphatic heterocycles. The van der Waals surface area contributed by atoms with Crippen molar-refractivity contribution in [3.63, 3.8) is 0 Å². The van der Waals surface area contributed by atoms with Gasteiger partial charge in [-0.2, -0.15) is 0 Å². The molecular weight excluding hydrogens is 238 g/mol. The summed E-state index contributed by atoms with van der Waals surface area (Å²) in [4.78, 5) is 19.6. The summed E-state index contributed by atoms with van der Waals surface area (Å²) >= 11 is 0. The molecule has 2 rings (SSSR count). The molecule has 0 saturated heterocycles. The fourth-order valence-electron chi connectivity index (χ4n) is 1.79. The SMILES string of the molecule is Cc1ccc(CCNC(=O)c2cnccn2)cc1C. The lowest BCUT2D eigenvalue weighted by Crippen LogP contribution is -2.26. The molecule has 0 radical (unpaired) electrons. The van der Waals surface area contributed by atoms with E-state index in [1.807, 2.05) is 0 Å². The molecular formula is C15H17N3O. The van der Waals surface area contributed by atoms with E-state index in [4.69, 9.17) is 0 Å². The van der Waals surface area contributed by atoms with Crippen molar-refractivity contribution >= 4 is 5.91 Å². The number of nitrogens with one attached hydrogen (secondary N) is 1. The number of rotatable bonds is 4. The smallest absolute Gasteiger partial charge is 0.271 e. The van der Waals surface area contributed by atoms with Crippen LogP contribution in [0, 0.1) is 13.8 Å². The highest BCUT2D eigenvalue weighted by Crippen LogP contribution is 2.09. The predicted octanol–water partition coefficient (Wildman–Crippen LogP) is 2.07. The molecule has 0 saturated carbocycles. The zero-order valence-corrected chi connectivity index (χ0v) is 11.2. The summed E-state index contributed by atoms with van der Waals surface area (Å²) in [6, 6.07) is 6.36. The Labute approximate surface area is 112 Å². The number of hydrogen-bond donors (Lipinski definition) is 1. The second-order valence-electron chi connectivity index (χ2n) is 4.52. The highest BCUT2D eigenvalue weighted by atomic mass is 16.1. The molecule has 4 heteroatoms. The molecule has 2 aromatic rings. The maximum atomic E-state index is 11.7. The first-order valence-corrected chi connectivity index (χ1v) is 6.27. The Balaban J connectivity index is 1.87. The summed E-state index contributed by atoms with van der Waals surface area (Å²) in [5, 5.41) is 2.84. The van der Waals surface area contributed by atoms with Crippen LogP contribution in [0.15, 0.2) is 36.8 Å². The highest BCUT2D eigenvalue weighted by molar-refractivity contribution is 5.91. The molecule has 0 unspecified atom stereocenters. The van der Waals surface area contributed by atoms with E-state index in [9.17, 15) is 4.79 Å². The van der Waals surface area contributed by atoms with E-state index >= 15 is 0 Å². The van der Waals surface area contributed by atoms with E-state index in [1.54, 1.807) is 6.20 Å². The molecule has 0 fully saturated rings. The fourth-order valence-corrected chi connectivity index (χ4v) is 1.79. The molecule has 0 atom stereocenters. The zero-order valence-electron chi connectivity index (χ0n) is 11.2. The first kappa shape index (κ1) is 13.2. The van der Waals surface area contributed by atoms with Crippen molar-refractivity contribution in [3.05, 3.63) is 59.2 Å². The average Bonchev–Trinajstić information content (AvgIpc) is 2.43. The summed E-state index contributed by atoms with van der Waals surface area (Å²) in [6.45, 7) is 4.78. The summed E-state index contributed by atoms with van der Waals surface area (Å²) < 4.78 is 0. The Hall–Kier alpha value is -2.23. The van der Waals surface area contributed by atoms with Gasteiger partial charge in [-0.15, -0.1) is 0 Å². The van der Waals surface area contributed by atoms with Gasteiger partial charge in [0.1, 0.15) is 5.69 Å². The van der Waals surface area contributed by atoms with E-state index < -0.39 is 0 Å². The van der Waals surface area contributed by atoms with Gasteiger partial charge >= 0.3 is 0 Å². The van der Waals surface area contributed by atoms with E-state index in [0.29, 0.717) is 12.2 Å². The van der Waals surface area contributed by atoms with Crippen LogP contribution in [0.2, 0.25) is 0 Å². The fraction of sp³-hybridized carbons (Fsp3) is 0.267. The quantitative estimate of drug-likeness (QED) is 0.910. The molecule has 0 aliphatic rings. The zero-order chi connectivity index (χ0) is 13.7. The largest absolute Gasteiger partial charge is 0.350 e. The predicted molar refractivity (Wildman–Crippen MR) is 74.0 cm³/mol. The van der Waals surface area contributed by atoms with Crippen LogP contribution in [0.25, 0.3) is 0 Å². The summed E-state index contributed by atoms with van der Waals surface area (Å²) in [6.07, 6.45) is 5.34. The van der Waals surface area contributed by atoms with Crippen molar-refractivity contribution in [2.75, 3.05) is 6.54 Å². The molecule has 1 aromatic carbocycles. The first-order valence-electron chi connectivity index (χ1n) is 6.27. The van der Waals surface area contributed by atoms with Gasteiger partial charge in [-0.05, 0) is 37.0 Å². The van der Waals surface area contributed by atoms with Crippen molar-refractivity contribution in [2.24, 2.45) is 0 Å². The Kier molecular flexibility index (Phi) is 4.23. The number of aromatic nitrogens is 2. The minimum atomic E-state index is -0.183. The first-order chi connectivity index (χ1) is 9.16.